The van der Waals surface area contributed by atoms with Crippen molar-refractivity contribution in [2.45, 2.75) is 20.3 Å². The lowest BCUT2D eigenvalue weighted by molar-refractivity contribution is -0.131. The molecule has 0 unspecified atom stereocenters. The SMILES string of the molecule is CCc1ccccc1OCC(=O)Nc1cccc(NC(=O)c2cccc(OC(C)=O)c2)c1. The predicted octanol–water partition coefficient (Wildman–Crippen LogP) is 4.44. The number of carbonyl (C=O) groups excluding carboxylic acids is 3. The van der Waals surface area contributed by atoms with Crippen LogP contribution >= 0.6 is 0 Å². The molecule has 164 valence electrons. The number of anilines is 2. The molecule has 7 heteroatoms. The molecule has 0 aliphatic rings. The van der Waals surface area contributed by atoms with Gasteiger partial charge >= 0.3 is 5.97 Å². The van der Waals surface area contributed by atoms with Crippen LogP contribution in [0.5, 0.6) is 11.5 Å². The minimum atomic E-state index is -0.465. The second-order valence-electron chi connectivity index (χ2n) is 6.95. The lowest BCUT2D eigenvalue weighted by Crippen LogP contribution is -2.20. The highest BCUT2D eigenvalue weighted by molar-refractivity contribution is 6.05. The third-order valence-electron chi connectivity index (χ3n) is 4.47. The molecule has 2 N–H and O–H groups in total. The average Bonchev–Trinajstić information content (AvgIpc) is 2.78. The Balaban J connectivity index is 1.59. The number of aryl methyl sites for hydroxylation is 1. The molecule has 3 rings (SSSR count). The van der Waals surface area contributed by atoms with Gasteiger partial charge in [0.25, 0.3) is 11.8 Å². The molecule has 0 saturated carbocycles. The molecule has 0 radical (unpaired) electrons. The van der Waals surface area contributed by atoms with Crippen molar-refractivity contribution in [3.8, 4) is 11.5 Å². The van der Waals surface area contributed by atoms with E-state index in [9.17, 15) is 14.4 Å². The van der Waals surface area contributed by atoms with Gasteiger partial charge in [-0.3, -0.25) is 14.4 Å². The number of carbonyl (C=O) groups is 3. The molecule has 7 nitrogen and oxygen atoms in total. The summed E-state index contributed by atoms with van der Waals surface area (Å²) < 4.78 is 10.6. The van der Waals surface area contributed by atoms with E-state index in [1.807, 2.05) is 31.2 Å². The van der Waals surface area contributed by atoms with Gasteiger partial charge in [-0.1, -0.05) is 37.3 Å². The maximum atomic E-state index is 12.5. The summed E-state index contributed by atoms with van der Waals surface area (Å²) in [5, 5.41) is 5.52. The number of hydrogen-bond acceptors (Lipinski definition) is 5. The second-order valence-corrected chi connectivity index (χ2v) is 6.95. The number of nitrogens with one attached hydrogen (secondary N) is 2. The Morgan fingerprint density at radius 1 is 0.844 bits per heavy atom. The maximum Gasteiger partial charge on any atom is 0.308 e. The molecule has 0 atom stereocenters. The lowest BCUT2D eigenvalue weighted by Gasteiger charge is -2.12. The number of rotatable bonds is 8. The minimum Gasteiger partial charge on any atom is -0.483 e. The predicted molar refractivity (Wildman–Crippen MR) is 122 cm³/mol. The normalized spacial score (nSPS) is 10.2. The Labute approximate surface area is 186 Å². The summed E-state index contributed by atoms with van der Waals surface area (Å²) in [4.78, 5) is 36.0. The van der Waals surface area contributed by atoms with Gasteiger partial charge in [-0.05, 0) is 54.4 Å². The van der Waals surface area contributed by atoms with Crippen LogP contribution in [0.3, 0.4) is 0 Å². The van der Waals surface area contributed by atoms with Crippen LogP contribution in [-0.2, 0) is 16.0 Å². The van der Waals surface area contributed by atoms with Crippen LogP contribution in [0.15, 0.2) is 72.8 Å². The summed E-state index contributed by atoms with van der Waals surface area (Å²) in [6, 6.07) is 20.7. The summed E-state index contributed by atoms with van der Waals surface area (Å²) in [6.45, 7) is 3.19. The maximum absolute atomic E-state index is 12.5. The molecular weight excluding hydrogens is 408 g/mol. The Morgan fingerprint density at radius 2 is 1.56 bits per heavy atom. The molecule has 0 heterocycles. The van der Waals surface area contributed by atoms with E-state index in [0.717, 1.165) is 12.0 Å². The van der Waals surface area contributed by atoms with Crippen molar-refractivity contribution in [2.75, 3.05) is 17.2 Å². The van der Waals surface area contributed by atoms with E-state index in [-0.39, 0.29) is 24.2 Å². The molecular formula is C25H24N2O5. The third-order valence-corrected chi connectivity index (χ3v) is 4.47. The van der Waals surface area contributed by atoms with Crippen LogP contribution in [-0.4, -0.2) is 24.4 Å². The van der Waals surface area contributed by atoms with Gasteiger partial charge in [-0.25, -0.2) is 0 Å². The van der Waals surface area contributed by atoms with Gasteiger partial charge in [0.15, 0.2) is 6.61 Å². The first-order valence-corrected chi connectivity index (χ1v) is 10.1. The molecule has 3 aromatic carbocycles. The van der Waals surface area contributed by atoms with E-state index in [1.165, 1.54) is 13.0 Å². The van der Waals surface area contributed by atoms with Crippen LogP contribution in [0.1, 0.15) is 29.8 Å². The first-order chi connectivity index (χ1) is 15.4. The van der Waals surface area contributed by atoms with E-state index < -0.39 is 5.97 Å². The van der Waals surface area contributed by atoms with Crippen molar-refractivity contribution in [1.29, 1.82) is 0 Å². The molecule has 32 heavy (non-hydrogen) atoms. The van der Waals surface area contributed by atoms with E-state index in [1.54, 1.807) is 42.5 Å². The quantitative estimate of drug-likeness (QED) is 0.405. The number of para-hydroxylation sites is 1. The summed E-state index contributed by atoms with van der Waals surface area (Å²) in [6.07, 6.45) is 0.809. The molecule has 0 aliphatic carbocycles. The minimum absolute atomic E-state index is 0.128. The van der Waals surface area contributed by atoms with E-state index in [4.69, 9.17) is 9.47 Å². The Bertz CT molecular complexity index is 1130. The first kappa shape index (κ1) is 22.6. The fourth-order valence-corrected chi connectivity index (χ4v) is 3.02. The summed E-state index contributed by atoms with van der Waals surface area (Å²) in [5.74, 6) is -0.179. The van der Waals surface area contributed by atoms with Gasteiger partial charge < -0.3 is 20.1 Å². The van der Waals surface area contributed by atoms with E-state index in [2.05, 4.69) is 10.6 Å². The summed E-state index contributed by atoms with van der Waals surface area (Å²) >= 11 is 0. The Morgan fingerprint density at radius 3 is 2.31 bits per heavy atom. The van der Waals surface area contributed by atoms with E-state index >= 15 is 0 Å². The van der Waals surface area contributed by atoms with Crippen molar-refractivity contribution in [3.05, 3.63) is 83.9 Å². The monoisotopic (exact) mass is 432 g/mol. The van der Waals surface area contributed by atoms with Gasteiger partial charge in [0, 0.05) is 23.9 Å². The first-order valence-electron chi connectivity index (χ1n) is 10.1. The topological polar surface area (TPSA) is 93.7 Å². The second kappa shape index (κ2) is 10.8. The fraction of sp³-hybridized carbons (Fsp3) is 0.160. The van der Waals surface area contributed by atoms with Crippen LogP contribution in [0.25, 0.3) is 0 Å². The molecule has 0 aliphatic heterocycles. The number of hydrogen-bond donors (Lipinski definition) is 2. The van der Waals surface area contributed by atoms with Gasteiger partial charge in [0.2, 0.25) is 0 Å². The Kier molecular flexibility index (Phi) is 7.59. The third kappa shape index (κ3) is 6.43. The van der Waals surface area contributed by atoms with Crippen molar-refractivity contribution >= 4 is 29.2 Å². The molecule has 2 amide bonds. The molecule has 0 spiro atoms. The van der Waals surface area contributed by atoms with Crippen LogP contribution in [0.2, 0.25) is 0 Å². The largest absolute Gasteiger partial charge is 0.483 e. The van der Waals surface area contributed by atoms with E-state index in [0.29, 0.717) is 22.7 Å². The molecule has 3 aromatic rings. The average molecular weight is 432 g/mol. The zero-order chi connectivity index (χ0) is 22.9. The smallest absolute Gasteiger partial charge is 0.308 e. The highest BCUT2D eigenvalue weighted by atomic mass is 16.5. The zero-order valence-electron chi connectivity index (χ0n) is 17.9. The Hall–Kier alpha value is -4.13. The lowest BCUT2D eigenvalue weighted by atomic mass is 10.1. The number of amides is 2. The number of benzene rings is 3. The van der Waals surface area contributed by atoms with Gasteiger partial charge in [-0.2, -0.15) is 0 Å². The molecule has 0 aromatic heterocycles. The van der Waals surface area contributed by atoms with Crippen LogP contribution in [0, 0.1) is 0 Å². The van der Waals surface area contributed by atoms with Crippen LogP contribution < -0.4 is 20.1 Å². The standard InChI is InChI=1S/C25H24N2O5/c1-3-18-8-4-5-13-23(18)31-16-24(29)26-20-10-7-11-21(15-20)27-25(30)19-9-6-12-22(14-19)32-17(2)28/h4-15H,3,16H2,1-2H3,(H,26,29)(H,27,30). The van der Waals surface area contributed by atoms with Crippen molar-refractivity contribution in [2.24, 2.45) is 0 Å². The van der Waals surface area contributed by atoms with Gasteiger partial charge in [-0.15, -0.1) is 0 Å². The van der Waals surface area contributed by atoms with Gasteiger partial charge in [0.05, 0.1) is 0 Å². The van der Waals surface area contributed by atoms with Crippen molar-refractivity contribution < 1.29 is 23.9 Å². The zero-order valence-corrected chi connectivity index (χ0v) is 17.9. The van der Waals surface area contributed by atoms with Gasteiger partial charge in [0.1, 0.15) is 11.5 Å². The van der Waals surface area contributed by atoms with Crippen molar-refractivity contribution in [1.82, 2.24) is 0 Å². The molecule has 0 bridgehead atoms. The number of ether oxygens (including phenoxy) is 2. The summed E-state index contributed by atoms with van der Waals surface area (Å²) in [7, 11) is 0. The fourth-order valence-electron chi connectivity index (χ4n) is 3.02. The van der Waals surface area contributed by atoms with Crippen molar-refractivity contribution in [3.63, 3.8) is 0 Å². The molecule has 0 fully saturated rings. The number of esters is 1. The molecule has 0 saturated heterocycles. The highest BCUT2D eigenvalue weighted by Crippen LogP contribution is 2.20. The van der Waals surface area contributed by atoms with Crippen LogP contribution in [0.4, 0.5) is 11.4 Å². The summed E-state index contributed by atoms with van der Waals surface area (Å²) in [5.41, 5.74) is 2.39. The highest BCUT2D eigenvalue weighted by Gasteiger charge is 2.10.